The highest BCUT2D eigenvalue weighted by Crippen LogP contribution is 2.29. The quantitative estimate of drug-likeness (QED) is 0.171. The Balaban J connectivity index is 1.56. The number of hydrazone groups is 1. The van der Waals surface area contributed by atoms with E-state index in [0.717, 1.165) is 0 Å². The summed E-state index contributed by atoms with van der Waals surface area (Å²) in [7, 11) is 0. The van der Waals surface area contributed by atoms with Gasteiger partial charge in [0.05, 0.1) is 18.4 Å². The van der Waals surface area contributed by atoms with Crippen LogP contribution in [-0.4, -0.2) is 31.3 Å². The number of amides is 1. The predicted molar refractivity (Wildman–Crippen MR) is 136 cm³/mol. The molecule has 3 aromatic rings. The van der Waals surface area contributed by atoms with Crippen molar-refractivity contribution in [1.29, 1.82) is 0 Å². The fourth-order valence-corrected chi connectivity index (χ4v) is 3.14. The molecule has 182 valence electrons. The van der Waals surface area contributed by atoms with E-state index in [9.17, 15) is 9.59 Å². The van der Waals surface area contributed by atoms with Crippen molar-refractivity contribution < 1.29 is 23.8 Å². The van der Waals surface area contributed by atoms with E-state index in [1.807, 2.05) is 31.2 Å². The van der Waals surface area contributed by atoms with E-state index in [4.69, 9.17) is 25.8 Å². The van der Waals surface area contributed by atoms with Crippen molar-refractivity contribution >= 4 is 29.7 Å². The van der Waals surface area contributed by atoms with Gasteiger partial charge < -0.3 is 14.2 Å². The summed E-state index contributed by atoms with van der Waals surface area (Å²) in [4.78, 5) is 24.5. The molecule has 3 aromatic carbocycles. The Labute approximate surface area is 209 Å². The SMILES string of the molecule is CCOc1cc(/C=N\NC(=O)COc2ccc(C(C)C)cc2)ccc1OC(=O)c1ccc(Cl)cc1. The first-order valence-corrected chi connectivity index (χ1v) is 11.5. The van der Waals surface area contributed by atoms with Gasteiger partial charge in [-0.15, -0.1) is 0 Å². The van der Waals surface area contributed by atoms with Crippen molar-refractivity contribution in [2.24, 2.45) is 5.10 Å². The molecule has 0 aromatic heterocycles. The van der Waals surface area contributed by atoms with Gasteiger partial charge in [0.15, 0.2) is 18.1 Å². The Morgan fingerprint density at radius 3 is 2.34 bits per heavy atom. The van der Waals surface area contributed by atoms with E-state index in [0.29, 0.717) is 40.2 Å². The molecule has 0 aliphatic heterocycles. The number of carbonyl (C=O) groups is 2. The third kappa shape index (κ3) is 7.86. The van der Waals surface area contributed by atoms with Gasteiger partial charge in [0.1, 0.15) is 5.75 Å². The first kappa shape index (κ1) is 25.8. The van der Waals surface area contributed by atoms with Crippen molar-refractivity contribution in [1.82, 2.24) is 5.43 Å². The summed E-state index contributed by atoms with van der Waals surface area (Å²) in [5, 5.41) is 4.49. The molecular formula is C27H27ClN2O5. The molecule has 0 bridgehead atoms. The zero-order chi connectivity index (χ0) is 25.2. The van der Waals surface area contributed by atoms with Crippen LogP contribution in [0.1, 0.15) is 48.2 Å². The van der Waals surface area contributed by atoms with Gasteiger partial charge in [0.25, 0.3) is 5.91 Å². The lowest BCUT2D eigenvalue weighted by molar-refractivity contribution is -0.123. The Bertz CT molecular complexity index is 1180. The molecule has 0 saturated heterocycles. The zero-order valence-corrected chi connectivity index (χ0v) is 20.5. The maximum absolute atomic E-state index is 12.4. The van der Waals surface area contributed by atoms with Crippen LogP contribution < -0.4 is 19.6 Å². The molecule has 0 heterocycles. The van der Waals surface area contributed by atoms with E-state index >= 15 is 0 Å². The average Bonchev–Trinajstić information content (AvgIpc) is 2.85. The van der Waals surface area contributed by atoms with Gasteiger partial charge in [-0.3, -0.25) is 4.79 Å². The molecule has 0 aliphatic rings. The predicted octanol–water partition coefficient (Wildman–Crippen LogP) is 5.61. The van der Waals surface area contributed by atoms with Crippen molar-refractivity contribution in [2.75, 3.05) is 13.2 Å². The molecule has 1 N–H and O–H groups in total. The normalized spacial score (nSPS) is 10.9. The lowest BCUT2D eigenvalue weighted by Gasteiger charge is -2.11. The van der Waals surface area contributed by atoms with Crippen LogP contribution in [0.3, 0.4) is 0 Å². The van der Waals surface area contributed by atoms with Crippen LogP contribution in [0.5, 0.6) is 17.2 Å². The molecule has 8 heteroatoms. The van der Waals surface area contributed by atoms with Gasteiger partial charge in [-0.25, -0.2) is 10.2 Å². The summed E-state index contributed by atoms with van der Waals surface area (Å²) in [5.41, 5.74) is 4.63. The molecule has 0 spiro atoms. The smallest absolute Gasteiger partial charge is 0.343 e. The van der Waals surface area contributed by atoms with Crippen molar-refractivity contribution in [3.05, 3.63) is 88.4 Å². The Morgan fingerprint density at radius 1 is 0.971 bits per heavy atom. The highest BCUT2D eigenvalue weighted by molar-refractivity contribution is 6.30. The van der Waals surface area contributed by atoms with Crippen LogP contribution in [0, 0.1) is 0 Å². The summed E-state index contributed by atoms with van der Waals surface area (Å²) in [6, 6.07) is 19.0. The van der Waals surface area contributed by atoms with Gasteiger partial charge in [0, 0.05) is 5.02 Å². The van der Waals surface area contributed by atoms with Crippen LogP contribution in [0.25, 0.3) is 0 Å². The number of nitrogens with zero attached hydrogens (tertiary/aromatic N) is 1. The van der Waals surface area contributed by atoms with Crippen molar-refractivity contribution in [3.63, 3.8) is 0 Å². The fourth-order valence-electron chi connectivity index (χ4n) is 3.01. The number of hydrogen-bond acceptors (Lipinski definition) is 6. The highest BCUT2D eigenvalue weighted by Gasteiger charge is 2.13. The highest BCUT2D eigenvalue weighted by atomic mass is 35.5. The molecule has 7 nitrogen and oxygen atoms in total. The molecule has 3 rings (SSSR count). The third-order valence-corrected chi connectivity index (χ3v) is 5.12. The minimum Gasteiger partial charge on any atom is -0.490 e. The molecule has 0 atom stereocenters. The topological polar surface area (TPSA) is 86.2 Å². The van der Waals surface area contributed by atoms with Gasteiger partial charge in [-0.1, -0.05) is 37.6 Å². The number of hydrogen-bond donors (Lipinski definition) is 1. The lowest BCUT2D eigenvalue weighted by atomic mass is 10.0. The molecular weight excluding hydrogens is 468 g/mol. The molecule has 1 amide bonds. The van der Waals surface area contributed by atoms with Crippen LogP contribution in [0.2, 0.25) is 5.02 Å². The second kappa shape index (κ2) is 12.6. The molecule has 0 radical (unpaired) electrons. The number of rotatable bonds is 10. The Morgan fingerprint density at radius 2 is 1.69 bits per heavy atom. The Kier molecular flexibility index (Phi) is 9.26. The largest absolute Gasteiger partial charge is 0.490 e. The fraction of sp³-hybridized carbons (Fsp3) is 0.222. The van der Waals surface area contributed by atoms with E-state index in [-0.39, 0.29) is 12.4 Å². The van der Waals surface area contributed by atoms with E-state index in [2.05, 4.69) is 24.4 Å². The second-order valence-electron chi connectivity index (χ2n) is 7.84. The lowest BCUT2D eigenvalue weighted by Crippen LogP contribution is -2.24. The summed E-state index contributed by atoms with van der Waals surface area (Å²) >= 11 is 5.86. The van der Waals surface area contributed by atoms with Crippen molar-refractivity contribution in [2.45, 2.75) is 26.7 Å². The molecule has 0 aliphatic carbocycles. The van der Waals surface area contributed by atoms with Crippen LogP contribution in [0.4, 0.5) is 0 Å². The van der Waals surface area contributed by atoms with Gasteiger partial charge in [-0.05, 0) is 78.6 Å². The van der Waals surface area contributed by atoms with E-state index in [1.165, 1.54) is 11.8 Å². The molecule has 0 fully saturated rings. The summed E-state index contributed by atoms with van der Waals surface area (Å²) in [6.07, 6.45) is 1.46. The summed E-state index contributed by atoms with van der Waals surface area (Å²) in [5.74, 6) is 0.749. The molecule has 35 heavy (non-hydrogen) atoms. The number of halogens is 1. The van der Waals surface area contributed by atoms with Gasteiger partial charge in [-0.2, -0.15) is 5.10 Å². The van der Waals surface area contributed by atoms with E-state index in [1.54, 1.807) is 42.5 Å². The van der Waals surface area contributed by atoms with E-state index < -0.39 is 11.9 Å². The van der Waals surface area contributed by atoms with Crippen LogP contribution in [-0.2, 0) is 4.79 Å². The maximum atomic E-state index is 12.4. The second-order valence-corrected chi connectivity index (χ2v) is 8.28. The number of ether oxygens (including phenoxy) is 3. The molecule has 0 unspecified atom stereocenters. The van der Waals surface area contributed by atoms with Crippen molar-refractivity contribution in [3.8, 4) is 17.2 Å². The number of benzene rings is 3. The maximum Gasteiger partial charge on any atom is 0.343 e. The third-order valence-electron chi connectivity index (χ3n) is 4.87. The monoisotopic (exact) mass is 494 g/mol. The van der Waals surface area contributed by atoms with Gasteiger partial charge >= 0.3 is 5.97 Å². The minimum absolute atomic E-state index is 0.165. The number of carbonyl (C=O) groups excluding carboxylic acids is 2. The van der Waals surface area contributed by atoms with Crippen LogP contribution in [0.15, 0.2) is 71.8 Å². The average molecular weight is 495 g/mol. The minimum atomic E-state index is -0.532. The first-order chi connectivity index (χ1) is 16.9. The summed E-state index contributed by atoms with van der Waals surface area (Å²) in [6.45, 7) is 6.25. The number of nitrogens with one attached hydrogen (secondary N) is 1. The van der Waals surface area contributed by atoms with Crippen LogP contribution >= 0.6 is 11.6 Å². The first-order valence-electron chi connectivity index (χ1n) is 11.1. The zero-order valence-electron chi connectivity index (χ0n) is 19.8. The Hall–Kier alpha value is -3.84. The molecule has 0 saturated carbocycles. The summed E-state index contributed by atoms with van der Waals surface area (Å²) < 4.78 is 16.6. The van der Waals surface area contributed by atoms with Gasteiger partial charge in [0.2, 0.25) is 0 Å². The number of esters is 1. The standard InChI is InChI=1S/C27H27ClN2O5/c1-4-33-25-15-19(5-14-24(25)35-27(32)21-6-10-22(28)11-7-21)16-29-30-26(31)17-34-23-12-8-20(9-13-23)18(2)3/h5-16,18H,4,17H2,1-3H3,(H,30,31)/b29-16-.